The van der Waals surface area contributed by atoms with Crippen LogP contribution in [-0.4, -0.2) is 43.5 Å². The Morgan fingerprint density at radius 2 is 1.97 bits per heavy atom. The number of benzene rings is 1. The van der Waals surface area contributed by atoms with Gasteiger partial charge in [0.05, 0.1) is 17.7 Å². The summed E-state index contributed by atoms with van der Waals surface area (Å²) in [6.45, 7) is 14.4. The second-order valence-electron chi connectivity index (χ2n) is 11.7. The highest BCUT2D eigenvalue weighted by atomic mass is 28.4. The fraction of sp³-hybridized carbons (Fsp3) is 0.519. The van der Waals surface area contributed by atoms with Gasteiger partial charge in [-0.3, -0.25) is 14.3 Å². The van der Waals surface area contributed by atoms with E-state index in [1.54, 1.807) is 6.07 Å². The fourth-order valence-corrected chi connectivity index (χ4v) is 7.55. The lowest BCUT2D eigenvalue weighted by Gasteiger charge is -2.48. The number of hydrogen-bond donors (Lipinski definition) is 0. The largest absolute Gasteiger partial charge is 0.413 e. The van der Waals surface area contributed by atoms with Gasteiger partial charge in [0.25, 0.3) is 5.56 Å². The second kappa shape index (κ2) is 6.55. The van der Waals surface area contributed by atoms with E-state index in [4.69, 9.17) is 4.43 Å². The third-order valence-corrected chi connectivity index (χ3v) is 13.7. The van der Waals surface area contributed by atoms with Crippen molar-refractivity contribution >= 4 is 8.32 Å². The van der Waals surface area contributed by atoms with Crippen molar-refractivity contribution in [1.82, 2.24) is 9.47 Å². The van der Waals surface area contributed by atoms with Crippen molar-refractivity contribution in [1.29, 1.82) is 0 Å². The summed E-state index contributed by atoms with van der Waals surface area (Å²) in [6, 6.07) is 13.0. The van der Waals surface area contributed by atoms with Crippen molar-refractivity contribution in [3.63, 3.8) is 0 Å². The van der Waals surface area contributed by atoms with Gasteiger partial charge in [0, 0.05) is 36.8 Å². The highest BCUT2D eigenvalue weighted by Crippen LogP contribution is 2.61. The predicted octanol–water partition coefficient (Wildman–Crippen LogP) is 4.96. The Labute approximate surface area is 192 Å². The van der Waals surface area contributed by atoms with Gasteiger partial charge >= 0.3 is 0 Å². The SMILES string of the molecule is CC(C)(C)[Si](C)(C)OC/C=C1/CN2CC[C@]34c5ccccc5-n5c3c(ccc5=O)[C@H]1C[C@H]24. The first kappa shape index (κ1) is 20.6. The molecule has 2 aromatic rings. The number of nitrogens with zero attached hydrogens (tertiary/aromatic N) is 2. The molecule has 0 radical (unpaired) electrons. The zero-order valence-electron chi connectivity index (χ0n) is 19.9. The van der Waals surface area contributed by atoms with Crippen molar-refractivity contribution in [2.45, 2.75) is 69.1 Å². The minimum atomic E-state index is -1.78. The Balaban J connectivity index is 1.45. The van der Waals surface area contributed by atoms with Crippen molar-refractivity contribution < 1.29 is 4.43 Å². The van der Waals surface area contributed by atoms with Gasteiger partial charge in [0.1, 0.15) is 0 Å². The summed E-state index contributed by atoms with van der Waals surface area (Å²) >= 11 is 0. The lowest BCUT2D eigenvalue weighted by Crippen LogP contribution is -2.52. The first-order chi connectivity index (χ1) is 15.1. The second-order valence-corrected chi connectivity index (χ2v) is 16.5. The van der Waals surface area contributed by atoms with Crippen LogP contribution in [0.4, 0.5) is 0 Å². The molecule has 4 aliphatic rings. The molecule has 1 aliphatic carbocycles. The molecule has 1 aromatic carbocycles. The van der Waals surface area contributed by atoms with Crippen LogP contribution in [0.1, 0.15) is 56.4 Å². The van der Waals surface area contributed by atoms with E-state index in [0.29, 0.717) is 18.6 Å². The molecular weight excluding hydrogens is 412 g/mol. The van der Waals surface area contributed by atoms with Gasteiger partial charge in [-0.05, 0) is 48.2 Å². The molecule has 1 spiro atoms. The molecule has 0 unspecified atom stereocenters. The molecule has 32 heavy (non-hydrogen) atoms. The van der Waals surface area contributed by atoms with Gasteiger partial charge in [-0.25, -0.2) is 0 Å². The lowest BCUT2D eigenvalue weighted by molar-refractivity contribution is 0.173. The minimum absolute atomic E-state index is 0.0218. The quantitative estimate of drug-likeness (QED) is 0.494. The number of pyridine rings is 1. The standard InChI is InChI=1S/C27H34N2O2Si/c1-26(2,3)32(4,5)31-15-12-18-17-28-14-13-27-21-8-6-7-9-22(21)29-24(30)11-10-19(25(27)29)20(18)16-23(27)28/h6-12,20,23H,13-17H2,1-5H3/b18-12-/t20-,23-,27+/m0/s1. The molecule has 1 aromatic heterocycles. The molecule has 2 saturated heterocycles. The van der Waals surface area contributed by atoms with Crippen molar-refractivity contribution in [3.8, 4) is 5.69 Å². The average molecular weight is 447 g/mol. The molecule has 2 bridgehead atoms. The molecule has 4 nitrogen and oxygen atoms in total. The maximum Gasteiger partial charge on any atom is 0.255 e. The van der Waals surface area contributed by atoms with Gasteiger partial charge < -0.3 is 4.43 Å². The van der Waals surface area contributed by atoms with Gasteiger partial charge in [-0.1, -0.05) is 56.7 Å². The topological polar surface area (TPSA) is 34.5 Å². The Morgan fingerprint density at radius 1 is 1.19 bits per heavy atom. The molecular formula is C27H34N2O2Si. The number of para-hydroxylation sites is 1. The van der Waals surface area contributed by atoms with E-state index in [1.807, 2.05) is 4.57 Å². The van der Waals surface area contributed by atoms with Gasteiger partial charge in [0.15, 0.2) is 8.32 Å². The molecule has 3 atom stereocenters. The summed E-state index contributed by atoms with van der Waals surface area (Å²) in [6.07, 6.45) is 4.62. The van der Waals surface area contributed by atoms with E-state index in [2.05, 4.69) is 75.2 Å². The van der Waals surface area contributed by atoms with Crippen LogP contribution >= 0.6 is 0 Å². The number of aromatic nitrogens is 1. The smallest absolute Gasteiger partial charge is 0.255 e. The van der Waals surface area contributed by atoms with Gasteiger partial charge in [-0.2, -0.15) is 0 Å². The normalized spacial score (nSPS) is 29.3. The van der Waals surface area contributed by atoms with Gasteiger partial charge in [0.2, 0.25) is 0 Å². The monoisotopic (exact) mass is 446 g/mol. The van der Waals surface area contributed by atoms with E-state index < -0.39 is 8.32 Å². The van der Waals surface area contributed by atoms with Gasteiger partial charge in [-0.15, -0.1) is 0 Å². The molecule has 4 heterocycles. The fourth-order valence-electron chi connectivity index (χ4n) is 6.62. The first-order valence-electron chi connectivity index (χ1n) is 12.1. The molecule has 0 saturated carbocycles. The van der Waals surface area contributed by atoms with E-state index in [1.165, 1.54) is 22.4 Å². The van der Waals surface area contributed by atoms with E-state index in [9.17, 15) is 4.79 Å². The van der Waals surface area contributed by atoms with Crippen LogP contribution in [0.3, 0.4) is 0 Å². The summed E-state index contributed by atoms with van der Waals surface area (Å²) in [7, 11) is -1.78. The van der Waals surface area contributed by atoms with Crippen LogP contribution in [0, 0.1) is 0 Å². The highest BCUT2D eigenvalue weighted by molar-refractivity contribution is 6.74. The Morgan fingerprint density at radius 3 is 2.75 bits per heavy atom. The Kier molecular flexibility index (Phi) is 4.23. The summed E-state index contributed by atoms with van der Waals surface area (Å²) in [5, 5.41) is 0.218. The maximum atomic E-state index is 13.1. The zero-order chi connectivity index (χ0) is 22.5. The number of hydrogen-bond acceptors (Lipinski definition) is 3. The van der Waals surface area contributed by atoms with Crippen LogP contribution in [-0.2, 0) is 9.84 Å². The molecule has 0 amide bonds. The molecule has 3 aliphatic heterocycles. The third-order valence-electron chi connectivity index (χ3n) is 9.24. The Hall–Kier alpha value is -1.95. The molecule has 0 N–H and O–H groups in total. The number of piperidine rings is 1. The lowest BCUT2D eigenvalue weighted by atomic mass is 9.61. The highest BCUT2D eigenvalue weighted by Gasteiger charge is 2.61. The van der Waals surface area contributed by atoms with Crippen LogP contribution in [0.2, 0.25) is 18.1 Å². The molecule has 5 heteroatoms. The van der Waals surface area contributed by atoms with E-state index >= 15 is 0 Å². The third kappa shape index (κ3) is 2.53. The zero-order valence-corrected chi connectivity index (χ0v) is 20.9. The maximum absolute atomic E-state index is 13.1. The van der Waals surface area contributed by atoms with Crippen molar-refractivity contribution in [3.05, 3.63) is 75.2 Å². The molecule has 6 rings (SSSR count). The summed E-state index contributed by atoms with van der Waals surface area (Å²) in [4.78, 5) is 15.8. The predicted molar refractivity (Wildman–Crippen MR) is 131 cm³/mol. The van der Waals surface area contributed by atoms with Crippen LogP contribution < -0.4 is 5.56 Å². The summed E-state index contributed by atoms with van der Waals surface area (Å²) in [5.41, 5.74) is 6.69. The van der Waals surface area contributed by atoms with E-state index in [-0.39, 0.29) is 16.0 Å². The summed E-state index contributed by atoms with van der Waals surface area (Å²) < 4.78 is 8.56. The Bertz CT molecular complexity index is 1200. The number of rotatable bonds is 3. The van der Waals surface area contributed by atoms with Crippen LogP contribution in [0.5, 0.6) is 0 Å². The van der Waals surface area contributed by atoms with Crippen LogP contribution in [0.15, 0.2) is 52.8 Å². The molecule has 2 fully saturated rings. The first-order valence-corrected chi connectivity index (χ1v) is 15.0. The summed E-state index contributed by atoms with van der Waals surface area (Å²) in [5.74, 6) is 0.390. The van der Waals surface area contributed by atoms with Crippen molar-refractivity contribution in [2.24, 2.45) is 0 Å². The van der Waals surface area contributed by atoms with Crippen molar-refractivity contribution in [2.75, 3.05) is 19.7 Å². The number of fused-ring (bicyclic) bond motifs is 4. The van der Waals surface area contributed by atoms with Crippen LogP contribution in [0.25, 0.3) is 5.69 Å². The molecule has 168 valence electrons. The van der Waals surface area contributed by atoms with E-state index in [0.717, 1.165) is 31.6 Å². The minimum Gasteiger partial charge on any atom is -0.413 e. The average Bonchev–Trinajstić information content (AvgIpc) is 3.28.